The van der Waals surface area contributed by atoms with Crippen molar-refractivity contribution >= 4 is 15.9 Å². The van der Waals surface area contributed by atoms with Gasteiger partial charge in [0.2, 0.25) is 0 Å². The molecular formula is C18H31BrN2. The number of benzene rings is 1. The molecule has 2 nitrogen and oxygen atoms in total. The fraction of sp³-hybridized carbons (Fsp3) is 0.667. The van der Waals surface area contributed by atoms with Crippen LogP contribution in [0.1, 0.15) is 58.6 Å². The molecular weight excluding hydrogens is 324 g/mol. The number of hydrogen-bond donors (Lipinski definition) is 1. The number of rotatable bonds is 9. The van der Waals surface area contributed by atoms with E-state index in [1.54, 1.807) is 0 Å². The molecule has 0 saturated carbocycles. The number of likely N-dealkylation sites (N-methyl/N-ethyl adjacent to an activating group) is 1. The molecule has 2 N–H and O–H groups in total. The van der Waals surface area contributed by atoms with Crippen LogP contribution >= 0.6 is 15.9 Å². The maximum Gasteiger partial charge on any atom is 0.0499 e. The van der Waals surface area contributed by atoms with E-state index >= 15 is 0 Å². The first-order chi connectivity index (χ1) is 10.1. The summed E-state index contributed by atoms with van der Waals surface area (Å²) in [5.74, 6) is 0.753. The summed E-state index contributed by atoms with van der Waals surface area (Å²) in [6, 6.07) is 9.09. The molecule has 0 aliphatic rings. The lowest BCUT2D eigenvalue weighted by atomic mass is 9.94. The van der Waals surface area contributed by atoms with Gasteiger partial charge in [-0.05, 0) is 36.6 Å². The fourth-order valence-corrected chi connectivity index (χ4v) is 3.38. The van der Waals surface area contributed by atoms with Crippen molar-refractivity contribution in [3.63, 3.8) is 0 Å². The summed E-state index contributed by atoms with van der Waals surface area (Å²) in [4.78, 5) is 2.56. The van der Waals surface area contributed by atoms with E-state index in [2.05, 4.69) is 72.8 Å². The third kappa shape index (κ3) is 5.39. The highest BCUT2D eigenvalue weighted by Gasteiger charge is 2.26. The monoisotopic (exact) mass is 354 g/mol. The zero-order valence-electron chi connectivity index (χ0n) is 14.0. The minimum absolute atomic E-state index is 0.175. The summed E-state index contributed by atoms with van der Waals surface area (Å²) >= 11 is 3.59. The molecule has 2 atom stereocenters. The topological polar surface area (TPSA) is 29.3 Å². The number of hydrogen-bond acceptors (Lipinski definition) is 2. The molecule has 1 rings (SSSR count). The van der Waals surface area contributed by atoms with Crippen LogP contribution in [0.15, 0.2) is 28.7 Å². The standard InChI is InChI=1S/C18H31BrN2/c1-5-14(6-2)13-21(8-4)18(17(20)7-3)15-10-9-11-16(19)12-15/h9-12,14,17-18H,5-8,13,20H2,1-4H3. The zero-order valence-corrected chi connectivity index (χ0v) is 15.6. The molecule has 0 aliphatic carbocycles. The highest BCUT2D eigenvalue weighted by Crippen LogP contribution is 2.28. The van der Waals surface area contributed by atoms with E-state index in [1.165, 1.54) is 18.4 Å². The molecule has 0 bridgehead atoms. The van der Waals surface area contributed by atoms with Crippen molar-refractivity contribution in [1.82, 2.24) is 4.90 Å². The van der Waals surface area contributed by atoms with Gasteiger partial charge >= 0.3 is 0 Å². The summed E-state index contributed by atoms with van der Waals surface area (Å²) in [7, 11) is 0. The van der Waals surface area contributed by atoms with Gasteiger partial charge in [-0.2, -0.15) is 0 Å². The van der Waals surface area contributed by atoms with Crippen LogP contribution in [0, 0.1) is 5.92 Å². The minimum atomic E-state index is 0.175. The van der Waals surface area contributed by atoms with Gasteiger partial charge in [-0.1, -0.05) is 68.6 Å². The van der Waals surface area contributed by atoms with Crippen LogP contribution in [-0.4, -0.2) is 24.0 Å². The van der Waals surface area contributed by atoms with Crippen LogP contribution < -0.4 is 5.73 Å². The third-order valence-electron chi connectivity index (χ3n) is 4.51. The molecule has 2 unspecified atom stereocenters. The molecule has 120 valence electrons. The van der Waals surface area contributed by atoms with Crippen molar-refractivity contribution in [2.75, 3.05) is 13.1 Å². The summed E-state index contributed by atoms with van der Waals surface area (Å²) in [6.45, 7) is 11.2. The van der Waals surface area contributed by atoms with Crippen molar-refractivity contribution in [1.29, 1.82) is 0 Å². The van der Waals surface area contributed by atoms with Gasteiger partial charge < -0.3 is 5.73 Å². The maximum atomic E-state index is 6.48. The van der Waals surface area contributed by atoms with Crippen molar-refractivity contribution in [3.05, 3.63) is 34.3 Å². The Hall–Kier alpha value is -0.380. The van der Waals surface area contributed by atoms with Crippen LogP contribution in [0.25, 0.3) is 0 Å². The number of halogens is 1. The third-order valence-corrected chi connectivity index (χ3v) is 5.01. The van der Waals surface area contributed by atoms with Gasteiger partial charge in [-0.15, -0.1) is 0 Å². The van der Waals surface area contributed by atoms with Gasteiger partial charge in [0.05, 0.1) is 0 Å². The largest absolute Gasteiger partial charge is 0.326 e. The highest BCUT2D eigenvalue weighted by molar-refractivity contribution is 9.10. The van der Waals surface area contributed by atoms with Crippen molar-refractivity contribution < 1.29 is 0 Å². The summed E-state index contributed by atoms with van der Waals surface area (Å²) < 4.78 is 1.13. The Balaban J connectivity index is 3.04. The molecule has 0 amide bonds. The predicted molar refractivity (Wildman–Crippen MR) is 96.5 cm³/mol. The van der Waals surface area contributed by atoms with Gasteiger partial charge in [-0.25, -0.2) is 0 Å². The molecule has 0 heterocycles. The predicted octanol–water partition coefficient (Wildman–Crippen LogP) is 4.99. The lowest BCUT2D eigenvalue weighted by Gasteiger charge is -2.37. The lowest BCUT2D eigenvalue weighted by molar-refractivity contribution is 0.147. The molecule has 3 heteroatoms. The average molecular weight is 355 g/mol. The quantitative estimate of drug-likeness (QED) is 0.676. The first-order valence-electron chi connectivity index (χ1n) is 8.32. The Kier molecular flexibility index (Phi) is 8.53. The zero-order chi connectivity index (χ0) is 15.8. The SMILES string of the molecule is CCC(CC)CN(CC)C(c1cccc(Br)c1)C(N)CC. The minimum Gasteiger partial charge on any atom is -0.326 e. The number of nitrogens with two attached hydrogens (primary N) is 1. The fourth-order valence-electron chi connectivity index (χ4n) is 2.96. The molecule has 21 heavy (non-hydrogen) atoms. The molecule has 1 aromatic carbocycles. The van der Waals surface area contributed by atoms with Gasteiger partial charge in [0.25, 0.3) is 0 Å². The van der Waals surface area contributed by atoms with Crippen LogP contribution in [0.3, 0.4) is 0 Å². The molecule has 0 spiro atoms. The smallest absolute Gasteiger partial charge is 0.0499 e. The Bertz CT molecular complexity index is 404. The van der Waals surface area contributed by atoms with Crippen molar-refractivity contribution in [3.8, 4) is 0 Å². The summed E-state index contributed by atoms with van der Waals surface area (Å²) in [6.07, 6.45) is 3.47. The van der Waals surface area contributed by atoms with Crippen LogP contribution in [0.5, 0.6) is 0 Å². The van der Waals surface area contributed by atoms with Gasteiger partial charge in [0.15, 0.2) is 0 Å². The first kappa shape index (κ1) is 18.7. The van der Waals surface area contributed by atoms with Gasteiger partial charge in [-0.3, -0.25) is 4.90 Å². The Morgan fingerprint density at radius 1 is 1.10 bits per heavy atom. The van der Waals surface area contributed by atoms with Crippen molar-refractivity contribution in [2.45, 2.75) is 59.0 Å². The summed E-state index contributed by atoms with van der Waals surface area (Å²) in [5.41, 5.74) is 7.80. The van der Waals surface area contributed by atoms with E-state index in [4.69, 9.17) is 5.73 Å². The van der Waals surface area contributed by atoms with E-state index in [9.17, 15) is 0 Å². The molecule has 1 aromatic rings. The van der Waals surface area contributed by atoms with Gasteiger partial charge in [0.1, 0.15) is 0 Å². The normalized spacial score (nSPS) is 14.7. The average Bonchev–Trinajstić information content (AvgIpc) is 2.50. The Morgan fingerprint density at radius 3 is 2.24 bits per heavy atom. The van der Waals surface area contributed by atoms with Crippen LogP contribution in [-0.2, 0) is 0 Å². The van der Waals surface area contributed by atoms with Crippen LogP contribution in [0.2, 0.25) is 0 Å². The van der Waals surface area contributed by atoms with Crippen LogP contribution in [0.4, 0.5) is 0 Å². The first-order valence-corrected chi connectivity index (χ1v) is 9.11. The molecule has 0 saturated heterocycles. The second-order valence-corrected chi connectivity index (χ2v) is 6.76. The van der Waals surface area contributed by atoms with Gasteiger partial charge in [0, 0.05) is 23.1 Å². The van der Waals surface area contributed by atoms with E-state index in [0.717, 1.165) is 29.9 Å². The molecule has 0 aliphatic heterocycles. The number of nitrogens with zero attached hydrogens (tertiary/aromatic N) is 1. The lowest BCUT2D eigenvalue weighted by Crippen LogP contribution is -2.42. The Labute approximate surface area is 139 Å². The summed E-state index contributed by atoms with van der Waals surface area (Å²) in [5, 5.41) is 0. The molecule has 0 radical (unpaired) electrons. The molecule has 0 fully saturated rings. The van der Waals surface area contributed by atoms with Crippen molar-refractivity contribution in [2.24, 2.45) is 11.7 Å². The van der Waals surface area contributed by atoms with E-state index in [-0.39, 0.29) is 6.04 Å². The van der Waals surface area contributed by atoms with E-state index < -0.39 is 0 Å². The molecule has 0 aromatic heterocycles. The second-order valence-electron chi connectivity index (χ2n) is 5.84. The van der Waals surface area contributed by atoms with E-state index in [1.807, 2.05) is 0 Å². The Morgan fingerprint density at radius 2 is 1.76 bits per heavy atom. The highest BCUT2D eigenvalue weighted by atomic mass is 79.9. The second kappa shape index (κ2) is 9.60. The maximum absolute atomic E-state index is 6.48. The van der Waals surface area contributed by atoms with E-state index in [0.29, 0.717) is 6.04 Å².